The molecule has 0 unspecified atom stereocenters. The fraction of sp³-hybridized carbons (Fsp3) is 0.167. The molecule has 6 nitrogen and oxygen atoms in total. The second kappa shape index (κ2) is 8.00. The van der Waals surface area contributed by atoms with Crippen LogP contribution in [0.15, 0.2) is 88.5 Å². The molecule has 4 aromatic rings. The van der Waals surface area contributed by atoms with E-state index < -0.39 is 0 Å². The standard InChI is InChI=1S/C24H21N3O3/c28-23-12-22(15-26-13-19-4-1-2-5-20(19)14-26)29-17-24(23)30-16-18-6-8-21(9-7-18)27-11-3-10-25-27/h1-12,17H,13-16H2. The van der Waals surface area contributed by atoms with E-state index in [0.29, 0.717) is 18.9 Å². The van der Waals surface area contributed by atoms with Crippen molar-refractivity contribution in [2.24, 2.45) is 0 Å². The minimum absolute atomic E-state index is 0.166. The lowest BCUT2D eigenvalue weighted by Gasteiger charge is -2.14. The van der Waals surface area contributed by atoms with Gasteiger partial charge in [-0.15, -0.1) is 0 Å². The number of rotatable bonds is 6. The van der Waals surface area contributed by atoms with Crippen molar-refractivity contribution in [1.29, 1.82) is 0 Å². The number of fused-ring (bicyclic) bond motifs is 1. The highest BCUT2D eigenvalue weighted by molar-refractivity contribution is 5.34. The molecule has 6 heteroatoms. The van der Waals surface area contributed by atoms with Crippen LogP contribution in [0.25, 0.3) is 5.69 Å². The zero-order valence-electron chi connectivity index (χ0n) is 16.4. The van der Waals surface area contributed by atoms with Crippen molar-refractivity contribution < 1.29 is 9.15 Å². The van der Waals surface area contributed by atoms with E-state index in [9.17, 15) is 4.79 Å². The van der Waals surface area contributed by atoms with Gasteiger partial charge in [0, 0.05) is 31.5 Å². The molecular weight excluding hydrogens is 378 g/mol. The molecule has 0 N–H and O–H groups in total. The van der Waals surface area contributed by atoms with E-state index in [2.05, 4.69) is 34.3 Å². The van der Waals surface area contributed by atoms with Crippen LogP contribution in [-0.4, -0.2) is 14.7 Å². The summed E-state index contributed by atoms with van der Waals surface area (Å²) in [5.74, 6) is 0.864. The van der Waals surface area contributed by atoms with Crippen molar-refractivity contribution in [2.45, 2.75) is 26.2 Å². The third-order valence-corrected chi connectivity index (χ3v) is 5.24. The highest BCUT2D eigenvalue weighted by Gasteiger charge is 2.19. The van der Waals surface area contributed by atoms with E-state index in [4.69, 9.17) is 9.15 Å². The Kier molecular flexibility index (Phi) is 4.91. The van der Waals surface area contributed by atoms with Crippen molar-refractivity contribution in [1.82, 2.24) is 14.7 Å². The van der Waals surface area contributed by atoms with Crippen molar-refractivity contribution in [3.05, 3.63) is 112 Å². The van der Waals surface area contributed by atoms with Crippen LogP contribution in [0.3, 0.4) is 0 Å². The van der Waals surface area contributed by atoms with Crippen LogP contribution in [0.1, 0.15) is 22.5 Å². The number of nitrogens with zero attached hydrogens (tertiary/aromatic N) is 3. The molecule has 0 radical (unpaired) electrons. The maximum Gasteiger partial charge on any atom is 0.227 e. The van der Waals surface area contributed by atoms with Gasteiger partial charge in [-0.2, -0.15) is 5.10 Å². The summed E-state index contributed by atoms with van der Waals surface area (Å²) >= 11 is 0. The summed E-state index contributed by atoms with van der Waals surface area (Å²) in [5.41, 5.74) is 4.43. The lowest BCUT2D eigenvalue weighted by molar-refractivity contribution is 0.241. The third kappa shape index (κ3) is 3.90. The Balaban J connectivity index is 1.20. The van der Waals surface area contributed by atoms with Gasteiger partial charge in [0.15, 0.2) is 0 Å². The highest BCUT2D eigenvalue weighted by atomic mass is 16.5. The van der Waals surface area contributed by atoms with Gasteiger partial charge < -0.3 is 9.15 Å². The molecule has 0 atom stereocenters. The molecule has 0 amide bonds. The summed E-state index contributed by atoms with van der Waals surface area (Å²) < 4.78 is 13.2. The monoisotopic (exact) mass is 399 g/mol. The number of aromatic nitrogens is 2. The maximum absolute atomic E-state index is 12.4. The highest BCUT2D eigenvalue weighted by Crippen LogP contribution is 2.24. The normalized spacial score (nSPS) is 13.3. The Labute approximate surface area is 174 Å². The van der Waals surface area contributed by atoms with Gasteiger partial charge >= 0.3 is 0 Å². The van der Waals surface area contributed by atoms with Crippen LogP contribution in [0.5, 0.6) is 5.75 Å². The second-order valence-corrected chi connectivity index (χ2v) is 7.39. The molecular formula is C24H21N3O3. The topological polar surface area (TPSA) is 60.5 Å². The van der Waals surface area contributed by atoms with Crippen molar-refractivity contribution in [3.8, 4) is 11.4 Å². The van der Waals surface area contributed by atoms with Gasteiger partial charge in [0.2, 0.25) is 11.2 Å². The Morgan fingerprint density at radius 2 is 1.77 bits per heavy atom. The van der Waals surface area contributed by atoms with Crippen LogP contribution in [-0.2, 0) is 26.2 Å². The molecule has 2 aromatic heterocycles. The molecule has 0 fully saturated rings. The molecule has 0 saturated heterocycles. The SMILES string of the molecule is O=c1cc(CN2Cc3ccccc3C2)occ1OCc1ccc(-n2cccn2)cc1. The van der Waals surface area contributed by atoms with Crippen LogP contribution in [0, 0.1) is 0 Å². The van der Waals surface area contributed by atoms with Gasteiger partial charge in [-0.3, -0.25) is 9.69 Å². The lowest BCUT2D eigenvalue weighted by atomic mass is 10.1. The Hall–Kier alpha value is -3.64. The average molecular weight is 399 g/mol. The van der Waals surface area contributed by atoms with E-state index >= 15 is 0 Å². The zero-order valence-corrected chi connectivity index (χ0v) is 16.4. The molecule has 1 aliphatic rings. The summed E-state index contributed by atoms with van der Waals surface area (Å²) in [5, 5.41) is 4.21. The van der Waals surface area contributed by atoms with Crippen LogP contribution in [0.4, 0.5) is 0 Å². The first kappa shape index (κ1) is 18.4. The molecule has 0 bridgehead atoms. The second-order valence-electron chi connectivity index (χ2n) is 7.39. The Morgan fingerprint density at radius 1 is 1.00 bits per heavy atom. The molecule has 2 aromatic carbocycles. The van der Waals surface area contributed by atoms with Gasteiger partial charge in [0.1, 0.15) is 18.6 Å². The Bertz CT molecular complexity index is 1170. The minimum atomic E-state index is -0.166. The molecule has 5 rings (SSSR count). The Morgan fingerprint density at radius 3 is 2.43 bits per heavy atom. The fourth-order valence-corrected chi connectivity index (χ4v) is 3.69. The van der Waals surface area contributed by atoms with Crippen LogP contribution in [0.2, 0.25) is 0 Å². The smallest absolute Gasteiger partial charge is 0.227 e. The van der Waals surface area contributed by atoms with Crippen molar-refractivity contribution in [2.75, 3.05) is 0 Å². The van der Waals surface area contributed by atoms with Crippen LogP contribution < -0.4 is 10.2 Å². The van der Waals surface area contributed by atoms with E-state index in [1.165, 1.54) is 23.5 Å². The molecule has 30 heavy (non-hydrogen) atoms. The lowest BCUT2D eigenvalue weighted by Crippen LogP contribution is -2.17. The first-order valence-corrected chi connectivity index (χ1v) is 9.87. The molecule has 0 saturated carbocycles. The number of hydrogen-bond donors (Lipinski definition) is 0. The maximum atomic E-state index is 12.4. The van der Waals surface area contributed by atoms with E-state index in [-0.39, 0.29) is 11.2 Å². The first-order valence-electron chi connectivity index (χ1n) is 9.87. The van der Waals surface area contributed by atoms with Gasteiger partial charge in [0.25, 0.3) is 0 Å². The predicted octanol–water partition coefficient (Wildman–Crippen LogP) is 3.92. The van der Waals surface area contributed by atoms with Gasteiger partial charge in [-0.25, -0.2) is 4.68 Å². The summed E-state index contributed by atoms with van der Waals surface area (Å²) in [6, 6.07) is 19.6. The van der Waals surface area contributed by atoms with E-state index in [1.807, 2.05) is 36.5 Å². The number of benzene rings is 2. The molecule has 150 valence electrons. The average Bonchev–Trinajstić information content (AvgIpc) is 3.43. The number of ether oxygens (including phenoxy) is 1. The minimum Gasteiger partial charge on any atom is -0.482 e. The number of hydrogen-bond acceptors (Lipinski definition) is 5. The molecule has 3 heterocycles. The van der Waals surface area contributed by atoms with E-state index in [1.54, 1.807) is 10.9 Å². The zero-order chi connectivity index (χ0) is 20.3. The van der Waals surface area contributed by atoms with E-state index in [0.717, 1.165) is 24.3 Å². The summed E-state index contributed by atoms with van der Waals surface area (Å²) in [6.07, 6.45) is 5.04. The van der Waals surface area contributed by atoms with Gasteiger partial charge in [0.05, 0.1) is 12.2 Å². The largest absolute Gasteiger partial charge is 0.482 e. The molecule has 0 aliphatic carbocycles. The van der Waals surface area contributed by atoms with Crippen LogP contribution >= 0.6 is 0 Å². The van der Waals surface area contributed by atoms with Gasteiger partial charge in [-0.1, -0.05) is 36.4 Å². The summed E-state index contributed by atoms with van der Waals surface area (Å²) in [6.45, 7) is 2.63. The predicted molar refractivity (Wildman–Crippen MR) is 112 cm³/mol. The quantitative estimate of drug-likeness (QED) is 0.492. The molecule has 0 spiro atoms. The fourth-order valence-electron chi connectivity index (χ4n) is 3.69. The van der Waals surface area contributed by atoms with Crippen molar-refractivity contribution >= 4 is 0 Å². The summed E-state index contributed by atoms with van der Waals surface area (Å²) in [4.78, 5) is 14.7. The molecule has 1 aliphatic heterocycles. The summed E-state index contributed by atoms with van der Waals surface area (Å²) in [7, 11) is 0. The third-order valence-electron chi connectivity index (χ3n) is 5.24. The van der Waals surface area contributed by atoms with Crippen molar-refractivity contribution in [3.63, 3.8) is 0 Å². The van der Waals surface area contributed by atoms with Gasteiger partial charge in [-0.05, 0) is 34.9 Å². The first-order chi connectivity index (χ1) is 14.7.